The third kappa shape index (κ3) is 2.96. The van der Waals surface area contributed by atoms with Gasteiger partial charge in [0.15, 0.2) is 0 Å². The number of oxazole rings is 1. The van der Waals surface area contributed by atoms with E-state index in [1.165, 1.54) is 0 Å². The van der Waals surface area contributed by atoms with Crippen LogP contribution < -0.4 is 0 Å². The van der Waals surface area contributed by atoms with E-state index in [-0.39, 0.29) is 11.6 Å². The van der Waals surface area contributed by atoms with Gasteiger partial charge in [-0.3, -0.25) is 4.98 Å². The molecule has 2 heterocycles. The molecule has 104 valence electrons. The van der Waals surface area contributed by atoms with Gasteiger partial charge in [0.25, 0.3) is 0 Å². The topological polar surface area (TPSA) is 38.9 Å². The van der Waals surface area contributed by atoms with Crippen LogP contribution >= 0.6 is 0 Å². The van der Waals surface area contributed by atoms with Gasteiger partial charge in [-0.15, -0.1) is 0 Å². The second-order valence-corrected chi connectivity index (χ2v) is 4.00. The van der Waals surface area contributed by atoms with Crippen molar-refractivity contribution in [2.45, 2.75) is 13.1 Å². The Labute approximate surface area is 113 Å². The molecule has 2 aromatic rings. The molecule has 0 N–H and O–H groups in total. The quantitative estimate of drug-likeness (QED) is 0.792. The average Bonchev–Trinajstić information content (AvgIpc) is 2.77. The lowest BCUT2D eigenvalue weighted by Gasteiger charge is -2.05. The van der Waals surface area contributed by atoms with Gasteiger partial charge in [0.1, 0.15) is 11.5 Å². The molecule has 2 aromatic heterocycles. The predicted molar refractivity (Wildman–Crippen MR) is 68.7 cm³/mol. The van der Waals surface area contributed by atoms with Crippen molar-refractivity contribution < 1.29 is 17.6 Å². The number of aryl methyl sites for hydroxylation is 1. The van der Waals surface area contributed by atoms with Crippen molar-refractivity contribution in [3.05, 3.63) is 54.2 Å². The standard InChI is InChI=1S/C14H11F3N2O/c1-3-11(14(15,16)17)8-12-9(2)20-13(19-12)10-4-6-18-7-5-10/h3-8H,1H2,2H3/b11-8+. The summed E-state index contributed by atoms with van der Waals surface area (Å²) in [5.74, 6) is 0.558. The zero-order chi connectivity index (χ0) is 14.8. The van der Waals surface area contributed by atoms with Crippen LogP contribution in [0.15, 0.2) is 47.2 Å². The molecule has 0 aliphatic rings. The molecule has 0 aromatic carbocycles. The SMILES string of the molecule is C=C/C(=C\c1nc(-c2ccncc2)oc1C)C(F)(F)F. The third-order valence-corrected chi connectivity index (χ3v) is 2.60. The molecule has 0 amide bonds. The lowest BCUT2D eigenvalue weighted by Crippen LogP contribution is -2.09. The first-order valence-corrected chi connectivity index (χ1v) is 5.71. The van der Waals surface area contributed by atoms with Gasteiger partial charge >= 0.3 is 6.18 Å². The van der Waals surface area contributed by atoms with Crippen LogP contribution in [-0.2, 0) is 0 Å². The van der Waals surface area contributed by atoms with Crippen molar-refractivity contribution in [3.63, 3.8) is 0 Å². The van der Waals surface area contributed by atoms with E-state index in [2.05, 4.69) is 16.5 Å². The van der Waals surface area contributed by atoms with E-state index in [0.29, 0.717) is 11.3 Å². The lowest BCUT2D eigenvalue weighted by atomic mass is 10.2. The Hall–Kier alpha value is -2.37. The first-order valence-electron chi connectivity index (χ1n) is 5.71. The van der Waals surface area contributed by atoms with Gasteiger partial charge in [-0.2, -0.15) is 13.2 Å². The Balaban J connectivity index is 2.43. The Morgan fingerprint density at radius 2 is 1.95 bits per heavy atom. The summed E-state index contributed by atoms with van der Waals surface area (Å²) in [6.07, 6.45) is 0.297. The fourth-order valence-electron chi connectivity index (χ4n) is 1.56. The lowest BCUT2D eigenvalue weighted by molar-refractivity contribution is -0.0872. The van der Waals surface area contributed by atoms with Crippen molar-refractivity contribution in [2.24, 2.45) is 0 Å². The number of halogens is 3. The summed E-state index contributed by atoms with van der Waals surface area (Å²) in [7, 11) is 0. The molecule has 0 aliphatic heterocycles. The van der Waals surface area contributed by atoms with E-state index in [4.69, 9.17) is 4.42 Å². The Morgan fingerprint density at radius 3 is 2.50 bits per heavy atom. The molecule has 3 nitrogen and oxygen atoms in total. The molecule has 0 saturated carbocycles. The highest BCUT2D eigenvalue weighted by atomic mass is 19.4. The molecule has 0 spiro atoms. The van der Waals surface area contributed by atoms with Gasteiger partial charge in [-0.25, -0.2) is 4.98 Å². The summed E-state index contributed by atoms with van der Waals surface area (Å²) < 4.78 is 43.4. The maximum atomic E-state index is 12.7. The summed E-state index contributed by atoms with van der Waals surface area (Å²) in [5, 5.41) is 0. The van der Waals surface area contributed by atoms with E-state index >= 15 is 0 Å². The molecule has 0 bridgehead atoms. The normalized spacial score (nSPS) is 12.5. The summed E-state index contributed by atoms with van der Waals surface area (Å²) >= 11 is 0. The first-order chi connectivity index (χ1) is 9.41. The highest BCUT2D eigenvalue weighted by Crippen LogP contribution is 2.29. The van der Waals surface area contributed by atoms with Gasteiger partial charge in [-0.1, -0.05) is 12.7 Å². The molecule has 0 atom stereocenters. The van der Waals surface area contributed by atoms with Crippen LogP contribution in [0.4, 0.5) is 13.2 Å². The zero-order valence-corrected chi connectivity index (χ0v) is 10.6. The number of nitrogens with zero attached hydrogens (tertiary/aromatic N) is 2. The van der Waals surface area contributed by atoms with Crippen molar-refractivity contribution >= 4 is 6.08 Å². The second kappa shape index (κ2) is 5.32. The summed E-state index contributed by atoms with van der Waals surface area (Å²) in [6.45, 7) is 4.72. The monoisotopic (exact) mass is 280 g/mol. The van der Waals surface area contributed by atoms with Crippen LogP contribution in [0.25, 0.3) is 17.5 Å². The zero-order valence-electron chi connectivity index (χ0n) is 10.6. The predicted octanol–water partition coefficient (Wildman–Crippen LogP) is 4.18. The van der Waals surface area contributed by atoms with Crippen LogP contribution in [0, 0.1) is 6.92 Å². The number of rotatable bonds is 3. The van der Waals surface area contributed by atoms with E-state index in [1.54, 1.807) is 31.5 Å². The van der Waals surface area contributed by atoms with Crippen LogP contribution in [0.2, 0.25) is 0 Å². The highest BCUT2D eigenvalue weighted by molar-refractivity contribution is 5.60. The van der Waals surface area contributed by atoms with E-state index in [1.807, 2.05) is 0 Å². The molecular formula is C14H11F3N2O. The first kappa shape index (κ1) is 14.0. The van der Waals surface area contributed by atoms with Crippen LogP contribution in [-0.4, -0.2) is 16.1 Å². The van der Waals surface area contributed by atoms with Gasteiger partial charge < -0.3 is 4.42 Å². The molecule has 20 heavy (non-hydrogen) atoms. The number of allylic oxidation sites excluding steroid dienone is 2. The van der Waals surface area contributed by atoms with Crippen molar-refractivity contribution in [2.75, 3.05) is 0 Å². The summed E-state index contributed by atoms with van der Waals surface area (Å²) in [5.41, 5.74) is -0.0888. The number of alkyl halides is 3. The number of pyridine rings is 1. The van der Waals surface area contributed by atoms with Gasteiger partial charge in [0.2, 0.25) is 5.89 Å². The minimum Gasteiger partial charge on any atom is -0.441 e. The van der Waals surface area contributed by atoms with Gasteiger partial charge in [-0.05, 0) is 25.1 Å². The number of aromatic nitrogens is 2. The largest absolute Gasteiger partial charge is 0.441 e. The molecule has 6 heteroatoms. The Morgan fingerprint density at radius 1 is 1.30 bits per heavy atom. The smallest absolute Gasteiger partial charge is 0.416 e. The van der Waals surface area contributed by atoms with Crippen LogP contribution in [0.1, 0.15) is 11.5 Å². The molecule has 0 unspecified atom stereocenters. The van der Waals surface area contributed by atoms with Crippen LogP contribution in [0.3, 0.4) is 0 Å². The molecular weight excluding hydrogens is 269 g/mol. The molecule has 0 saturated heterocycles. The maximum Gasteiger partial charge on any atom is 0.416 e. The number of hydrogen-bond donors (Lipinski definition) is 0. The fraction of sp³-hybridized carbons (Fsp3) is 0.143. The minimum atomic E-state index is -4.47. The van der Waals surface area contributed by atoms with Crippen molar-refractivity contribution in [3.8, 4) is 11.5 Å². The summed E-state index contributed by atoms with van der Waals surface area (Å²) in [4.78, 5) is 7.91. The van der Waals surface area contributed by atoms with Gasteiger partial charge in [0, 0.05) is 18.0 Å². The van der Waals surface area contributed by atoms with Crippen molar-refractivity contribution in [1.82, 2.24) is 9.97 Å². The third-order valence-electron chi connectivity index (χ3n) is 2.60. The molecule has 0 fully saturated rings. The average molecular weight is 280 g/mol. The van der Waals surface area contributed by atoms with Gasteiger partial charge in [0.05, 0.1) is 5.57 Å². The Kier molecular flexibility index (Phi) is 3.74. The molecule has 0 radical (unpaired) electrons. The second-order valence-electron chi connectivity index (χ2n) is 4.00. The Bertz CT molecular complexity index is 642. The number of hydrogen-bond acceptors (Lipinski definition) is 3. The maximum absolute atomic E-state index is 12.7. The molecule has 2 rings (SSSR count). The van der Waals surface area contributed by atoms with Crippen molar-refractivity contribution in [1.29, 1.82) is 0 Å². The van der Waals surface area contributed by atoms with E-state index < -0.39 is 11.7 Å². The fourth-order valence-corrected chi connectivity index (χ4v) is 1.56. The minimum absolute atomic E-state index is 0.129. The van der Waals surface area contributed by atoms with E-state index in [0.717, 1.165) is 12.2 Å². The van der Waals surface area contributed by atoms with Crippen LogP contribution in [0.5, 0.6) is 0 Å². The molecule has 0 aliphatic carbocycles. The summed E-state index contributed by atoms with van der Waals surface area (Å²) in [6, 6.07) is 3.33. The highest BCUT2D eigenvalue weighted by Gasteiger charge is 2.31. The van der Waals surface area contributed by atoms with E-state index in [9.17, 15) is 13.2 Å².